The first-order valence-corrected chi connectivity index (χ1v) is 7.17. The van der Waals surface area contributed by atoms with Crippen LogP contribution in [0.1, 0.15) is 24.8 Å². The Balaban J connectivity index is 2.15. The zero-order valence-corrected chi connectivity index (χ0v) is 12.5. The summed E-state index contributed by atoms with van der Waals surface area (Å²) in [5.41, 5.74) is 0.857. The Hall–Kier alpha value is -0.940. The minimum atomic E-state index is -0.274. The van der Waals surface area contributed by atoms with Gasteiger partial charge in [-0.3, -0.25) is 9.69 Å². The largest absolute Gasteiger partial charge is 0.468 e. The molecule has 1 atom stereocenters. The Morgan fingerprint density at radius 3 is 3.05 bits per heavy atom. The van der Waals surface area contributed by atoms with E-state index in [0.717, 1.165) is 31.4 Å². The van der Waals surface area contributed by atoms with Gasteiger partial charge in [0.1, 0.15) is 11.9 Å². The maximum absolute atomic E-state index is 13.5. The predicted octanol–water partition coefficient (Wildman–Crippen LogP) is 3.12. The normalized spacial score (nSPS) is 20.3. The van der Waals surface area contributed by atoms with E-state index in [1.165, 1.54) is 13.2 Å². The van der Waals surface area contributed by atoms with E-state index >= 15 is 0 Å². The minimum absolute atomic E-state index is 0.202. The lowest BCUT2D eigenvalue weighted by atomic mass is 10.0. The Morgan fingerprint density at radius 1 is 1.53 bits per heavy atom. The number of methoxy groups -OCH3 is 1. The fraction of sp³-hybridized carbons (Fsp3) is 0.500. The number of hydrogen-bond acceptors (Lipinski definition) is 3. The summed E-state index contributed by atoms with van der Waals surface area (Å²) in [7, 11) is 1.41. The van der Waals surface area contributed by atoms with Crippen molar-refractivity contribution >= 4 is 21.9 Å². The van der Waals surface area contributed by atoms with E-state index in [0.29, 0.717) is 11.0 Å². The van der Waals surface area contributed by atoms with Crippen LogP contribution in [0.5, 0.6) is 0 Å². The zero-order valence-electron chi connectivity index (χ0n) is 10.9. The average molecular weight is 330 g/mol. The third-order valence-corrected chi connectivity index (χ3v) is 4.38. The molecule has 1 aromatic rings. The maximum Gasteiger partial charge on any atom is 0.323 e. The average Bonchev–Trinajstić information content (AvgIpc) is 2.43. The molecule has 0 amide bonds. The molecule has 1 aromatic carbocycles. The fourth-order valence-electron chi connectivity index (χ4n) is 2.47. The van der Waals surface area contributed by atoms with Gasteiger partial charge in [0.05, 0.1) is 11.6 Å². The Kier molecular flexibility index (Phi) is 4.93. The molecule has 0 N–H and O–H groups in total. The van der Waals surface area contributed by atoms with Gasteiger partial charge in [0.2, 0.25) is 0 Å². The summed E-state index contributed by atoms with van der Waals surface area (Å²) >= 11 is 3.26. The van der Waals surface area contributed by atoms with E-state index in [9.17, 15) is 9.18 Å². The number of rotatable bonds is 3. The molecule has 1 saturated heterocycles. The molecule has 0 radical (unpaired) electrons. The van der Waals surface area contributed by atoms with Crippen LogP contribution in [0.2, 0.25) is 0 Å². The summed E-state index contributed by atoms with van der Waals surface area (Å²) in [4.78, 5) is 13.8. The summed E-state index contributed by atoms with van der Waals surface area (Å²) in [6.45, 7) is 1.39. The van der Waals surface area contributed by atoms with Crippen molar-refractivity contribution in [3.63, 3.8) is 0 Å². The molecule has 1 fully saturated rings. The zero-order chi connectivity index (χ0) is 13.8. The lowest BCUT2D eigenvalue weighted by Gasteiger charge is -2.33. The van der Waals surface area contributed by atoms with Gasteiger partial charge in [0.25, 0.3) is 0 Å². The van der Waals surface area contributed by atoms with Crippen molar-refractivity contribution in [3.8, 4) is 0 Å². The molecule has 2 rings (SSSR count). The first-order valence-electron chi connectivity index (χ1n) is 6.38. The summed E-state index contributed by atoms with van der Waals surface area (Å²) in [5.74, 6) is -0.476. The quantitative estimate of drug-likeness (QED) is 0.798. The van der Waals surface area contributed by atoms with E-state index in [4.69, 9.17) is 4.74 Å². The molecular weight excluding hydrogens is 313 g/mol. The van der Waals surface area contributed by atoms with Crippen molar-refractivity contribution in [2.45, 2.75) is 31.8 Å². The van der Waals surface area contributed by atoms with Crippen molar-refractivity contribution in [1.82, 2.24) is 4.90 Å². The summed E-state index contributed by atoms with van der Waals surface area (Å²) < 4.78 is 18.8. The second kappa shape index (κ2) is 6.48. The molecule has 0 saturated carbocycles. The standard InChI is InChI=1S/C14H17BrFNO2/c1-19-14(18)12-7-2-3-8-17(12)9-10-5-4-6-11(16)13(10)15/h4-6,12H,2-3,7-9H2,1H3/t12-/m1/s1. The molecule has 0 spiro atoms. The van der Waals surface area contributed by atoms with Gasteiger partial charge in [-0.05, 0) is 46.9 Å². The van der Waals surface area contributed by atoms with Crippen LogP contribution in [-0.2, 0) is 16.1 Å². The summed E-state index contributed by atoms with van der Waals surface area (Å²) in [5, 5.41) is 0. The molecule has 0 bridgehead atoms. The highest BCUT2D eigenvalue weighted by molar-refractivity contribution is 9.10. The highest BCUT2D eigenvalue weighted by atomic mass is 79.9. The van der Waals surface area contributed by atoms with Gasteiger partial charge < -0.3 is 4.74 Å². The first kappa shape index (κ1) is 14.5. The molecule has 19 heavy (non-hydrogen) atoms. The second-order valence-electron chi connectivity index (χ2n) is 4.72. The number of benzene rings is 1. The predicted molar refractivity (Wildman–Crippen MR) is 74.2 cm³/mol. The van der Waals surface area contributed by atoms with Gasteiger partial charge in [-0.15, -0.1) is 0 Å². The van der Waals surface area contributed by atoms with E-state index in [1.807, 2.05) is 6.07 Å². The number of ether oxygens (including phenoxy) is 1. The van der Waals surface area contributed by atoms with Crippen LogP contribution in [0, 0.1) is 5.82 Å². The number of esters is 1. The van der Waals surface area contributed by atoms with Crippen molar-refractivity contribution in [1.29, 1.82) is 0 Å². The molecule has 5 heteroatoms. The van der Waals surface area contributed by atoms with Crippen molar-refractivity contribution in [2.24, 2.45) is 0 Å². The minimum Gasteiger partial charge on any atom is -0.468 e. The van der Waals surface area contributed by atoms with Crippen LogP contribution in [0.25, 0.3) is 0 Å². The molecular formula is C14H17BrFNO2. The first-order chi connectivity index (χ1) is 9.13. The van der Waals surface area contributed by atoms with Gasteiger partial charge in [-0.25, -0.2) is 4.39 Å². The number of piperidine rings is 1. The Bertz CT molecular complexity index is 467. The van der Waals surface area contributed by atoms with Crippen molar-refractivity contribution in [3.05, 3.63) is 34.1 Å². The molecule has 3 nitrogen and oxygen atoms in total. The number of likely N-dealkylation sites (tertiary alicyclic amines) is 1. The van der Waals surface area contributed by atoms with E-state index in [1.54, 1.807) is 6.07 Å². The van der Waals surface area contributed by atoms with Crippen LogP contribution in [0.15, 0.2) is 22.7 Å². The van der Waals surface area contributed by atoms with Gasteiger partial charge in [0.15, 0.2) is 0 Å². The van der Waals surface area contributed by atoms with Crippen molar-refractivity contribution < 1.29 is 13.9 Å². The molecule has 0 aromatic heterocycles. The lowest BCUT2D eigenvalue weighted by molar-refractivity contribution is -0.148. The molecule has 0 aliphatic carbocycles. The summed E-state index contributed by atoms with van der Waals surface area (Å²) in [6.07, 6.45) is 2.89. The van der Waals surface area contributed by atoms with Gasteiger partial charge >= 0.3 is 5.97 Å². The lowest BCUT2D eigenvalue weighted by Crippen LogP contribution is -2.44. The highest BCUT2D eigenvalue weighted by Gasteiger charge is 2.29. The Labute approximate surface area is 120 Å². The number of halogens is 2. The molecule has 1 aliphatic rings. The SMILES string of the molecule is COC(=O)[C@H]1CCCCN1Cc1cccc(F)c1Br. The van der Waals surface area contributed by atoms with Crippen LogP contribution in [-0.4, -0.2) is 30.6 Å². The maximum atomic E-state index is 13.5. The van der Waals surface area contributed by atoms with E-state index < -0.39 is 0 Å². The van der Waals surface area contributed by atoms with E-state index in [-0.39, 0.29) is 17.8 Å². The van der Waals surface area contributed by atoms with Crippen molar-refractivity contribution in [2.75, 3.05) is 13.7 Å². The Morgan fingerprint density at radius 2 is 2.32 bits per heavy atom. The fourth-order valence-corrected chi connectivity index (χ4v) is 2.86. The summed E-state index contributed by atoms with van der Waals surface area (Å²) in [6, 6.07) is 4.76. The smallest absolute Gasteiger partial charge is 0.323 e. The van der Waals surface area contributed by atoms with Crippen LogP contribution >= 0.6 is 15.9 Å². The number of carbonyl (C=O) groups is 1. The second-order valence-corrected chi connectivity index (χ2v) is 5.51. The topological polar surface area (TPSA) is 29.5 Å². The molecule has 104 valence electrons. The monoisotopic (exact) mass is 329 g/mol. The highest BCUT2D eigenvalue weighted by Crippen LogP contribution is 2.25. The van der Waals surface area contributed by atoms with Crippen LogP contribution in [0.3, 0.4) is 0 Å². The number of nitrogens with zero attached hydrogens (tertiary/aromatic N) is 1. The third kappa shape index (κ3) is 3.34. The van der Waals surface area contributed by atoms with Gasteiger partial charge in [-0.1, -0.05) is 18.6 Å². The van der Waals surface area contributed by atoms with Crippen LogP contribution < -0.4 is 0 Å². The number of carbonyl (C=O) groups excluding carboxylic acids is 1. The third-order valence-electron chi connectivity index (χ3n) is 3.49. The molecule has 1 heterocycles. The van der Waals surface area contributed by atoms with Crippen LogP contribution in [0.4, 0.5) is 4.39 Å². The molecule has 0 unspecified atom stereocenters. The van der Waals surface area contributed by atoms with Gasteiger partial charge in [0, 0.05) is 6.54 Å². The molecule has 1 aliphatic heterocycles. The number of hydrogen-bond donors (Lipinski definition) is 0. The van der Waals surface area contributed by atoms with E-state index in [2.05, 4.69) is 20.8 Å². The van der Waals surface area contributed by atoms with Gasteiger partial charge in [-0.2, -0.15) is 0 Å².